The molecule has 3 aromatic rings. The van der Waals surface area contributed by atoms with Gasteiger partial charge in [-0.15, -0.1) is 0 Å². The van der Waals surface area contributed by atoms with E-state index in [9.17, 15) is 4.79 Å². The molecule has 0 fully saturated rings. The second kappa shape index (κ2) is 13.7. The summed E-state index contributed by atoms with van der Waals surface area (Å²) in [7, 11) is 9.27. The fourth-order valence-electron chi connectivity index (χ4n) is 3.75. The highest BCUT2D eigenvalue weighted by Crippen LogP contribution is 2.39. The van der Waals surface area contributed by atoms with Crippen molar-refractivity contribution in [1.29, 1.82) is 0 Å². The molecule has 1 amide bonds. The predicted molar refractivity (Wildman–Crippen MR) is 154 cm³/mol. The minimum Gasteiger partial charge on any atom is -0.493 e. The molecule has 0 atom stereocenters. The molecule has 3 aromatic carbocycles. The van der Waals surface area contributed by atoms with Crippen molar-refractivity contribution in [3.63, 3.8) is 0 Å². The first-order valence-corrected chi connectivity index (χ1v) is 12.2. The average Bonchev–Trinajstić information content (AvgIpc) is 3.00. The van der Waals surface area contributed by atoms with Crippen LogP contribution in [0.2, 0.25) is 0 Å². The first-order valence-electron chi connectivity index (χ1n) is 12.2. The molecule has 11 heteroatoms. The van der Waals surface area contributed by atoms with E-state index in [0.29, 0.717) is 62.7 Å². The highest BCUT2D eigenvalue weighted by Gasteiger charge is 2.16. The van der Waals surface area contributed by atoms with Gasteiger partial charge in [-0.3, -0.25) is 10.2 Å². The lowest BCUT2D eigenvalue weighted by Crippen LogP contribution is -2.19. The van der Waals surface area contributed by atoms with Crippen LogP contribution in [-0.4, -0.2) is 60.0 Å². The van der Waals surface area contributed by atoms with E-state index in [1.54, 1.807) is 64.7 Å². The van der Waals surface area contributed by atoms with Crippen LogP contribution in [0.15, 0.2) is 58.7 Å². The fourth-order valence-corrected chi connectivity index (χ4v) is 3.75. The molecule has 0 saturated carbocycles. The van der Waals surface area contributed by atoms with Crippen molar-refractivity contribution in [2.24, 2.45) is 10.2 Å². The molecule has 11 nitrogen and oxygen atoms in total. The quantitative estimate of drug-likeness (QED) is 0.245. The SMILES string of the molecule is COc1cc(/C(C)=N\NC(=O)c2ccc(N/N=C(\C)c3cc(OC)c(OC)c(OC)c3)cc2)cc(OC)c1OC. The highest BCUT2D eigenvalue weighted by molar-refractivity contribution is 6.02. The van der Waals surface area contributed by atoms with E-state index >= 15 is 0 Å². The zero-order chi connectivity index (χ0) is 29.2. The minimum atomic E-state index is -0.365. The minimum absolute atomic E-state index is 0.365. The van der Waals surface area contributed by atoms with E-state index in [2.05, 4.69) is 21.1 Å². The largest absolute Gasteiger partial charge is 0.493 e. The molecule has 0 aliphatic rings. The third-order valence-electron chi connectivity index (χ3n) is 5.99. The Balaban J connectivity index is 1.70. The van der Waals surface area contributed by atoms with Gasteiger partial charge in [-0.1, -0.05) is 0 Å². The Bertz CT molecular complexity index is 1350. The van der Waals surface area contributed by atoms with E-state index in [1.807, 2.05) is 19.1 Å². The second-order valence-corrected chi connectivity index (χ2v) is 8.35. The highest BCUT2D eigenvalue weighted by atomic mass is 16.5. The van der Waals surface area contributed by atoms with Crippen LogP contribution in [0.5, 0.6) is 34.5 Å². The van der Waals surface area contributed by atoms with Crippen molar-refractivity contribution in [2.45, 2.75) is 13.8 Å². The van der Waals surface area contributed by atoms with Crippen molar-refractivity contribution in [3.05, 3.63) is 65.2 Å². The first kappa shape index (κ1) is 29.6. The van der Waals surface area contributed by atoms with Gasteiger partial charge in [0.25, 0.3) is 5.91 Å². The third-order valence-corrected chi connectivity index (χ3v) is 5.99. The lowest BCUT2D eigenvalue weighted by molar-refractivity contribution is 0.0955. The molecule has 0 radical (unpaired) electrons. The van der Waals surface area contributed by atoms with Gasteiger partial charge >= 0.3 is 0 Å². The van der Waals surface area contributed by atoms with Gasteiger partial charge in [0.2, 0.25) is 11.5 Å². The number of amides is 1. The fraction of sp³-hybridized carbons (Fsp3) is 0.276. The average molecular weight is 551 g/mol. The van der Waals surface area contributed by atoms with Gasteiger partial charge in [0.1, 0.15) is 0 Å². The monoisotopic (exact) mass is 550 g/mol. The Kier molecular flexibility index (Phi) is 10.2. The summed E-state index contributed by atoms with van der Waals surface area (Å²) >= 11 is 0. The van der Waals surface area contributed by atoms with Crippen LogP contribution in [0.3, 0.4) is 0 Å². The molecular weight excluding hydrogens is 516 g/mol. The van der Waals surface area contributed by atoms with E-state index in [4.69, 9.17) is 28.4 Å². The summed E-state index contributed by atoms with van der Waals surface area (Å²) in [4.78, 5) is 12.7. The number of hydrogen-bond acceptors (Lipinski definition) is 10. The van der Waals surface area contributed by atoms with Gasteiger partial charge in [-0.2, -0.15) is 10.2 Å². The lowest BCUT2D eigenvalue weighted by Gasteiger charge is -2.14. The molecular formula is C29H34N4O7. The van der Waals surface area contributed by atoms with Crippen molar-refractivity contribution in [1.82, 2.24) is 5.43 Å². The Hall–Kier alpha value is -4.93. The second-order valence-electron chi connectivity index (χ2n) is 8.35. The number of rotatable bonds is 12. The number of methoxy groups -OCH3 is 6. The molecule has 2 N–H and O–H groups in total. The molecule has 0 aliphatic heterocycles. The number of ether oxygens (including phenoxy) is 6. The molecule has 3 rings (SSSR count). The van der Waals surface area contributed by atoms with Gasteiger partial charge in [0, 0.05) is 16.7 Å². The smallest absolute Gasteiger partial charge is 0.271 e. The van der Waals surface area contributed by atoms with E-state index in [1.165, 1.54) is 21.3 Å². The number of anilines is 1. The summed E-state index contributed by atoms with van der Waals surface area (Å²) in [6.07, 6.45) is 0. The number of carbonyl (C=O) groups excluding carboxylic acids is 1. The summed E-state index contributed by atoms with van der Waals surface area (Å²) in [6.45, 7) is 3.62. The molecule has 40 heavy (non-hydrogen) atoms. The van der Waals surface area contributed by atoms with Crippen molar-refractivity contribution in [2.75, 3.05) is 48.1 Å². The molecule has 0 unspecified atom stereocenters. The standard InChI is InChI=1S/C29H34N4O7/c1-17(20-13-23(35-3)27(39-7)24(14-20)36-4)30-32-22-11-9-19(10-12-22)29(34)33-31-18(2)21-15-25(37-5)28(40-8)26(16-21)38-6/h9-16,32H,1-8H3,(H,33,34)/b30-17+,31-18-. The summed E-state index contributed by atoms with van der Waals surface area (Å²) < 4.78 is 32.3. The Morgan fingerprint density at radius 2 is 0.975 bits per heavy atom. The summed E-state index contributed by atoms with van der Waals surface area (Å²) in [5.74, 6) is 2.66. The van der Waals surface area contributed by atoms with E-state index in [-0.39, 0.29) is 5.91 Å². The van der Waals surface area contributed by atoms with Crippen molar-refractivity contribution in [3.8, 4) is 34.5 Å². The van der Waals surface area contributed by atoms with Crippen molar-refractivity contribution >= 4 is 23.0 Å². The molecule has 0 aromatic heterocycles. The van der Waals surface area contributed by atoms with Gasteiger partial charge in [0.15, 0.2) is 23.0 Å². The Labute approximate surface area is 233 Å². The number of carbonyl (C=O) groups is 1. The third kappa shape index (κ3) is 6.73. The Morgan fingerprint density at radius 3 is 1.35 bits per heavy atom. The maximum Gasteiger partial charge on any atom is 0.271 e. The first-order chi connectivity index (χ1) is 19.3. The van der Waals surface area contributed by atoms with Crippen LogP contribution in [-0.2, 0) is 0 Å². The topological polar surface area (TPSA) is 121 Å². The summed E-state index contributed by atoms with van der Waals surface area (Å²) in [6, 6.07) is 14.0. The number of benzene rings is 3. The van der Waals surface area contributed by atoms with E-state index in [0.717, 1.165) is 5.56 Å². The molecule has 0 saturated heterocycles. The molecule has 0 bridgehead atoms. The van der Waals surface area contributed by atoms with Gasteiger partial charge in [0.05, 0.1) is 59.8 Å². The van der Waals surface area contributed by atoms with Crippen LogP contribution in [0.25, 0.3) is 0 Å². The zero-order valence-electron chi connectivity index (χ0n) is 23.9. The molecule has 212 valence electrons. The zero-order valence-corrected chi connectivity index (χ0v) is 23.9. The number of nitrogens with one attached hydrogen (secondary N) is 2. The van der Waals surface area contributed by atoms with Crippen LogP contribution >= 0.6 is 0 Å². The molecule has 0 aliphatic carbocycles. The predicted octanol–water partition coefficient (Wildman–Crippen LogP) is 4.73. The Morgan fingerprint density at radius 1 is 0.575 bits per heavy atom. The summed E-state index contributed by atoms with van der Waals surface area (Å²) in [5, 5.41) is 8.67. The number of hydrogen-bond donors (Lipinski definition) is 2. The van der Waals surface area contributed by atoms with Crippen molar-refractivity contribution < 1.29 is 33.2 Å². The number of hydrazone groups is 2. The lowest BCUT2D eigenvalue weighted by atomic mass is 10.1. The van der Waals surface area contributed by atoms with Crippen LogP contribution in [0.4, 0.5) is 5.69 Å². The molecule has 0 heterocycles. The van der Waals surface area contributed by atoms with Crippen LogP contribution < -0.4 is 39.3 Å². The van der Waals surface area contributed by atoms with Gasteiger partial charge in [-0.25, -0.2) is 5.43 Å². The summed E-state index contributed by atoms with van der Waals surface area (Å²) in [5.41, 5.74) is 9.44. The normalized spacial score (nSPS) is 11.4. The maximum absolute atomic E-state index is 12.7. The van der Waals surface area contributed by atoms with E-state index < -0.39 is 0 Å². The number of nitrogens with zero attached hydrogens (tertiary/aromatic N) is 2. The van der Waals surface area contributed by atoms with Crippen LogP contribution in [0.1, 0.15) is 35.3 Å². The van der Waals surface area contributed by atoms with Gasteiger partial charge in [-0.05, 0) is 62.4 Å². The van der Waals surface area contributed by atoms with Gasteiger partial charge < -0.3 is 28.4 Å². The van der Waals surface area contributed by atoms with Crippen LogP contribution in [0, 0.1) is 0 Å². The maximum atomic E-state index is 12.7. The molecule has 0 spiro atoms.